The van der Waals surface area contributed by atoms with Crippen LogP contribution in [0.1, 0.15) is 50.3 Å². The van der Waals surface area contributed by atoms with E-state index in [1.807, 2.05) is 19.9 Å². The van der Waals surface area contributed by atoms with Gasteiger partial charge in [0.05, 0.1) is 16.3 Å². The molecule has 1 aliphatic heterocycles. The second-order valence-electron chi connectivity index (χ2n) is 8.18. The van der Waals surface area contributed by atoms with Crippen molar-refractivity contribution in [3.8, 4) is 0 Å². The van der Waals surface area contributed by atoms with Gasteiger partial charge in [0.15, 0.2) is 15.7 Å². The lowest BCUT2D eigenvalue weighted by molar-refractivity contribution is 0.0981. The van der Waals surface area contributed by atoms with Crippen LogP contribution in [-0.4, -0.2) is 42.6 Å². The topological polar surface area (TPSA) is 113 Å². The maximum Gasteiger partial charge on any atom is 0.407 e. The predicted octanol–water partition coefficient (Wildman–Crippen LogP) is 3.39. The van der Waals surface area contributed by atoms with Gasteiger partial charge in [-0.1, -0.05) is 0 Å². The van der Waals surface area contributed by atoms with Crippen molar-refractivity contribution < 1.29 is 22.3 Å². The number of fused-ring (bicyclic) bond motifs is 1. The molecule has 10 heteroatoms. The Morgan fingerprint density at radius 2 is 2.10 bits per heavy atom. The molecule has 0 spiro atoms. The monoisotopic (exact) mass is 436 g/mol. The van der Waals surface area contributed by atoms with E-state index in [1.165, 1.54) is 6.07 Å². The van der Waals surface area contributed by atoms with Crippen LogP contribution in [0.4, 0.5) is 20.7 Å². The number of hydrogen-bond donors (Lipinski definition) is 3. The summed E-state index contributed by atoms with van der Waals surface area (Å²) in [5, 5.41) is 12.8. The number of aromatic amines is 1. The Bertz CT molecular complexity index is 1070. The Morgan fingerprint density at radius 3 is 2.87 bits per heavy atom. The van der Waals surface area contributed by atoms with Gasteiger partial charge in [-0.25, -0.2) is 17.6 Å². The molecule has 1 aliphatic carbocycles. The molecule has 1 amide bonds. The van der Waals surface area contributed by atoms with Crippen LogP contribution in [-0.2, 0) is 21.0 Å². The van der Waals surface area contributed by atoms with E-state index in [0.717, 1.165) is 24.6 Å². The van der Waals surface area contributed by atoms with E-state index in [4.69, 9.17) is 4.74 Å². The van der Waals surface area contributed by atoms with Crippen LogP contribution in [0.15, 0.2) is 23.1 Å². The molecular weight excluding hydrogens is 411 g/mol. The van der Waals surface area contributed by atoms with Gasteiger partial charge in [0.25, 0.3) is 0 Å². The molecule has 1 saturated carbocycles. The molecule has 0 saturated heterocycles. The number of benzene rings is 1. The molecule has 0 radical (unpaired) electrons. The summed E-state index contributed by atoms with van der Waals surface area (Å²) in [6.07, 6.45) is 2.14. The van der Waals surface area contributed by atoms with Crippen molar-refractivity contribution in [2.24, 2.45) is 0 Å². The van der Waals surface area contributed by atoms with E-state index in [-0.39, 0.29) is 34.4 Å². The number of carbonyl (C=O) groups is 1. The van der Waals surface area contributed by atoms with Gasteiger partial charge in [0.1, 0.15) is 11.9 Å². The first kappa shape index (κ1) is 20.6. The highest BCUT2D eigenvalue weighted by Crippen LogP contribution is 2.37. The zero-order valence-electron chi connectivity index (χ0n) is 16.9. The highest BCUT2D eigenvalue weighted by molar-refractivity contribution is 7.91. The van der Waals surface area contributed by atoms with Gasteiger partial charge in [-0.3, -0.25) is 5.10 Å². The van der Waals surface area contributed by atoms with E-state index < -0.39 is 21.7 Å². The Balaban J connectivity index is 1.40. The van der Waals surface area contributed by atoms with Crippen molar-refractivity contribution in [3.63, 3.8) is 0 Å². The number of nitrogens with one attached hydrogen (secondary N) is 3. The molecule has 0 bridgehead atoms. The molecule has 1 fully saturated rings. The van der Waals surface area contributed by atoms with Crippen LogP contribution < -0.4 is 10.6 Å². The number of alkyl carbamates (subject to hydrolysis) is 1. The normalized spacial score (nSPS) is 22.1. The van der Waals surface area contributed by atoms with Gasteiger partial charge < -0.3 is 15.4 Å². The summed E-state index contributed by atoms with van der Waals surface area (Å²) in [4.78, 5) is 11.9. The molecule has 1 aromatic carbocycles. The number of amides is 1. The number of anilines is 2. The molecule has 1 aromatic heterocycles. The van der Waals surface area contributed by atoms with Crippen molar-refractivity contribution in [1.29, 1.82) is 0 Å². The molecule has 0 unspecified atom stereocenters. The lowest BCUT2D eigenvalue weighted by Gasteiger charge is -2.14. The van der Waals surface area contributed by atoms with Gasteiger partial charge in [-0.05, 0) is 57.2 Å². The second kappa shape index (κ2) is 7.90. The molecule has 8 nitrogen and oxygen atoms in total. The summed E-state index contributed by atoms with van der Waals surface area (Å²) in [6.45, 7) is 3.75. The Morgan fingerprint density at radius 1 is 1.30 bits per heavy atom. The highest BCUT2D eigenvalue weighted by Gasteiger charge is 2.31. The number of aryl methyl sites for hydroxylation is 1. The maximum absolute atomic E-state index is 14.4. The minimum atomic E-state index is -3.38. The van der Waals surface area contributed by atoms with Crippen molar-refractivity contribution in [1.82, 2.24) is 15.5 Å². The number of H-pyrrole nitrogens is 1. The fourth-order valence-electron chi connectivity index (χ4n) is 4.03. The molecule has 162 valence electrons. The van der Waals surface area contributed by atoms with Crippen LogP contribution in [0.3, 0.4) is 0 Å². The standard InChI is InChI=1S/C20H25FN4O4S/c1-11(2)22-20(26)29-14-4-3-12(7-14)16-10-19(25-24-16)23-17-8-13-5-6-30(27,28)18(13)9-15(17)21/h8-12,14H,3-7H2,1-2H3,(H,22,26)(H2,23,24,25)/t12-,14+/m1/s1. The van der Waals surface area contributed by atoms with Gasteiger partial charge in [0.2, 0.25) is 0 Å². The summed E-state index contributed by atoms with van der Waals surface area (Å²) in [5.74, 6) is -0.00135. The fraction of sp³-hybridized carbons (Fsp3) is 0.500. The lowest BCUT2D eigenvalue weighted by Crippen LogP contribution is -2.33. The number of hydrogen-bond acceptors (Lipinski definition) is 6. The molecule has 2 atom stereocenters. The van der Waals surface area contributed by atoms with E-state index in [2.05, 4.69) is 20.8 Å². The molecular formula is C20H25FN4O4S. The third-order valence-corrected chi connectivity index (χ3v) is 7.28. The van der Waals surface area contributed by atoms with Crippen LogP contribution in [0.2, 0.25) is 0 Å². The van der Waals surface area contributed by atoms with Crippen molar-refractivity contribution in [2.75, 3.05) is 11.1 Å². The van der Waals surface area contributed by atoms with Gasteiger partial charge >= 0.3 is 6.09 Å². The van der Waals surface area contributed by atoms with Crippen LogP contribution in [0.25, 0.3) is 0 Å². The smallest absolute Gasteiger partial charge is 0.407 e. The number of carbonyl (C=O) groups excluding carboxylic acids is 1. The lowest BCUT2D eigenvalue weighted by atomic mass is 10.0. The van der Waals surface area contributed by atoms with Gasteiger partial charge in [-0.15, -0.1) is 0 Å². The summed E-state index contributed by atoms with van der Waals surface area (Å²) < 4.78 is 43.7. The average Bonchev–Trinajstić information content (AvgIpc) is 3.36. The Kier molecular flexibility index (Phi) is 5.44. The first-order chi connectivity index (χ1) is 14.2. The zero-order chi connectivity index (χ0) is 21.5. The summed E-state index contributed by atoms with van der Waals surface area (Å²) in [6, 6.07) is 4.45. The largest absolute Gasteiger partial charge is 0.446 e. The molecule has 30 heavy (non-hydrogen) atoms. The van der Waals surface area contributed by atoms with Crippen molar-refractivity contribution >= 4 is 27.4 Å². The third-order valence-electron chi connectivity index (χ3n) is 5.49. The number of aromatic nitrogens is 2. The summed E-state index contributed by atoms with van der Waals surface area (Å²) in [5.41, 5.74) is 1.70. The van der Waals surface area contributed by atoms with Crippen molar-refractivity contribution in [3.05, 3.63) is 35.3 Å². The van der Waals surface area contributed by atoms with Crippen LogP contribution >= 0.6 is 0 Å². The molecule has 4 rings (SSSR count). The molecule has 3 N–H and O–H groups in total. The molecule has 2 aliphatic rings. The maximum atomic E-state index is 14.4. The van der Waals surface area contributed by atoms with Gasteiger partial charge in [-0.2, -0.15) is 5.10 Å². The number of sulfone groups is 1. The first-order valence-electron chi connectivity index (χ1n) is 10.1. The Hall–Kier alpha value is -2.62. The number of ether oxygens (including phenoxy) is 1. The highest BCUT2D eigenvalue weighted by atomic mass is 32.2. The number of rotatable bonds is 5. The second-order valence-corrected chi connectivity index (χ2v) is 10.3. The molecule has 2 heterocycles. The Labute approximate surface area is 174 Å². The minimum absolute atomic E-state index is 0.0118. The first-order valence-corrected chi connectivity index (χ1v) is 11.7. The summed E-state index contributed by atoms with van der Waals surface area (Å²) >= 11 is 0. The number of halogens is 1. The third kappa shape index (κ3) is 4.28. The average molecular weight is 437 g/mol. The zero-order valence-corrected chi connectivity index (χ0v) is 17.7. The van der Waals surface area contributed by atoms with E-state index in [9.17, 15) is 17.6 Å². The van der Waals surface area contributed by atoms with E-state index in [0.29, 0.717) is 24.2 Å². The van der Waals surface area contributed by atoms with Crippen LogP contribution in [0.5, 0.6) is 0 Å². The van der Waals surface area contributed by atoms with E-state index >= 15 is 0 Å². The summed E-state index contributed by atoms with van der Waals surface area (Å²) in [7, 11) is -3.38. The van der Waals surface area contributed by atoms with Gasteiger partial charge in [0, 0.05) is 23.7 Å². The van der Waals surface area contributed by atoms with E-state index in [1.54, 1.807) is 0 Å². The van der Waals surface area contributed by atoms with Crippen LogP contribution in [0, 0.1) is 5.82 Å². The fourth-order valence-corrected chi connectivity index (χ4v) is 5.59. The number of nitrogens with zero attached hydrogens (tertiary/aromatic N) is 1. The molecule has 2 aromatic rings. The quantitative estimate of drug-likeness (QED) is 0.662. The predicted molar refractivity (Wildman–Crippen MR) is 109 cm³/mol. The SMILES string of the molecule is CC(C)NC(=O)O[C@H]1CC[C@@H](c2cc(Nc3cc4c(cc3F)S(=O)(=O)CC4)n[nH]2)C1. The minimum Gasteiger partial charge on any atom is -0.446 e. The van der Waals surface area contributed by atoms with Crippen molar-refractivity contribution in [2.45, 2.75) is 62.5 Å².